The van der Waals surface area contributed by atoms with E-state index in [0.29, 0.717) is 42.1 Å². The molecule has 32 heavy (non-hydrogen) atoms. The first kappa shape index (κ1) is 23.7. The summed E-state index contributed by atoms with van der Waals surface area (Å²) in [5.41, 5.74) is 2.10. The fraction of sp³-hybridized carbons (Fsp3) is 0.375. The Morgan fingerprint density at radius 2 is 1.84 bits per heavy atom. The van der Waals surface area contributed by atoms with Crippen molar-refractivity contribution in [2.45, 2.75) is 45.5 Å². The van der Waals surface area contributed by atoms with Crippen molar-refractivity contribution < 1.29 is 14.1 Å². The molecule has 0 saturated heterocycles. The minimum absolute atomic E-state index is 0.0530. The summed E-state index contributed by atoms with van der Waals surface area (Å²) in [6.45, 7) is 12.3. The third-order valence-electron chi connectivity index (χ3n) is 5.94. The van der Waals surface area contributed by atoms with E-state index in [1.807, 2.05) is 42.5 Å². The van der Waals surface area contributed by atoms with E-state index in [-0.39, 0.29) is 10.7 Å². The smallest absolute Gasteiger partial charge is 0.311 e. The zero-order valence-electron chi connectivity index (χ0n) is 19.3. The van der Waals surface area contributed by atoms with Crippen LogP contribution in [0.1, 0.15) is 26.3 Å². The minimum Gasteiger partial charge on any atom is -0.489 e. The number of hydrogen-bond donors (Lipinski definition) is 1. The summed E-state index contributed by atoms with van der Waals surface area (Å²) in [6, 6.07) is 15.3. The fourth-order valence-electron chi connectivity index (χ4n) is 3.02. The van der Waals surface area contributed by atoms with Gasteiger partial charge in [0.2, 0.25) is 0 Å². The Bertz CT molecular complexity index is 1080. The van der Waals surface area contributed by atoms with Crippen LogP contribution in [0.25, 0.3) is 10.9 Å². The molecule has 3 aromatic rings. The molecule has 0 fully saturated rings. The lowest BCUT2D eigenvalue weighted by molar-refractivity contribution is -0.384. The number of pyridine rings is 1. The lowest BCUT2D eigenvalue weighted by Crippen LogP contribution is -2.41. The van der Waals surface area contributed by atoms with Gasteiger partial charge in [0.1, 0.15) is 24.2 Å². The number of ether oxygens (including phenoxy) is 1. The van der Waals surface area contributed by atoms with Crippen LogP contribution >= 0.6 is 0 Å². The van der Waals surface area contributed by atoms with E-state index < -0.39 is 13.2 Å². The quantitative estimate of drug-likeness (QED) is 0.181. The van der Waals surface area contributed by atoms with Gasteiger partial charge >= 0.3 is 5.69 Å². The third kappa shape index (κ3) is 5.63. The highest BCUT2D eigenvalue weighted by molar-refractivity contribution is 6.74. The predicted molar refractivity (Wildman–Crippen MR) is 131 cm³/mol. The second kappa shape index (κ2) is 9.66. The topological polar surface area (TPSA) is 86.5 Å². The van der Waals surface area contributed by atoms with Crippen molar-refractivity contribution in [1.82, 2.24) is 4.98 Å². The Hall–Kier alpha value is -2.97. The molecule has 0 unspecified atom stereocenters. The van der Waals surface area contributed by atoms with Crippen LogP contribution in [0.4, 0.5) is 11.4 Å². The minimum atomic E-state index is -1.88. The van der Waals surface area contributed by atoms with Gasteiger partial charge < -0.3 is 14.5 Å². The van der Waals surface area contributed by atoms with Crippen molar-refractivity contribution in [3.63, 3.8) is 0 Å². The number of nitrogens with zero attached hydrogens (tertiary/aromatic N) is 2. The van der Waals surface area contributed by atoms with Gasteiger partial charge in [0.25, 0.3) is 0 Å². The molecule has 0 aliphatic heterocycles. The molecule has 7 nitrogen and oxygen atoms in total. The lowest BCUT2D eigenvalue weighted by Gasteiger charge is -2.36. The highest BCUT2D eigenvalue weighted by Gasteiger charge is 2.36. The van der Waals surface area contributed by atoms with Gasteiger partial charge in [-0.05, 0) is 35.8 Å². The van der Waals surface area contributed by atoms with Crippen molar-refractivity contribution in [2.24, 2.45) is 0 Å². The van der Waals surface area contributed by atoms with Crippen molar-refractivity contribution >= 4 is 30.6 Å². The molecule has 3 rings (SSSR count). The van der Waals surface area contributed by atoms with Crippen LogP contribution < -0.4 is 10.1 Å². The molecule has 0 bridgehead atoms. The molecule has 2 aromatic carbocycles. The summed E-state index contributed by atoms with van der Waals surface area (Å²) in [5, 5.41) is 15.6. The molecule has 0 amide bonds. The molecule has 170 valence electrons. The van der Waals surface area contributed by atoms with Gasteiger partial charge in [-0.15, -0.1) is 0 Å². The summed E-state index contributed by atoms with van der Waals surface area (Å²) in [6.07, 6.45) is 1.29. The first-order valence-electron chi connectivity index (χ1n) is 10.7. The number of hydrogen-bond acceptors (Lipinski definition) is 6. The van der Waals surface area contributed by atoms with Gasteiger partial charge in [0.05, 0.1) is 17.0 Å². The molecule has 0 aliphatic rings. The average Bonchev–Trinajstić information content (AvgIpc) is 2.74. The summed E-state index contributed by atoms with van der Waals surface area (Å²) in [7, 11) is -1.88. The maximum absolute atomic E-state index is 11.6. The highest BCUT2D eigenvalue weighted by Crippen LogP contribution is 2.37. The molecular formula is C24H31N3O4Si. The van der Waals surface area contributed by atoms with Crippen LogP contribution in [-0.2, 0) is 11.0 Å². The second-order valence-corrected chi connectivity index (χ2v) is 14.1. The molecule has 0 saturated carbocycles. The standard InChI is InChI=1S/C24H31N3O4Si/c1-24(2,3)32(4,5)31-14-13-25-23-20-12-11-19(30-17-18-9-7-6-8-10-18)15-21(20)26-16-22(23)27(28)29/h6-12,15-16H,13-14,17H2,1-5H3,(H,25,26). The number of aromatic nitrogens is 1. The molecule has 0 spiro atoms. The summed E-state index contributed by atoms with van der Waals surface area (Å²) >= 11 is 0. The Morgan fingerprint density at radius 3 is 2.50 bits per heavy atom. The maximum Gasteiger partial charge on any atom is 0.311 e. The Labute approximate surface area is 190 Å². The molecule has 0 atom stereocenters. The number of benzene rings is 2. The number of fused-ring (bicyclic) bond motifs is 1. The van der Waals surface area contributed by atoms with Gasteiger partial charge in [-0.25, -0.2) is 4.98 Å². The molecule has 1 heterocycles. The number of anilines is 1. The van der Waals surface area contributed by atoms with Crippen LogP contribution in [0, 0.1) is 10.1 Å². The average molecular weight is 454 g/mol. The molecule has 0 radical (unpaired) electrons. The summed E-state index contributed by atoms with van der Waals surface area (Å²) < 4.78 is 12.1. The first-order chi connectivity index (χ1) is 15.1. The van der Waals surface area contributed by atoms with E-state index in [1.54, 1.807) is 6.07 Å². The van der Waals surface area contributed by atoms with Crippen molar-refractivity contribution in [3.8, 4) is 5.75 Å². The van der Waals surface area contributed by atoms with Crippen LogP contribution in [0.15, 0.2) is 54.7 Å². The van der Waals surface area contributed by atoms with Gasteiger partial charge in [-0.1, -0.05) is 51.1 Å². The molecular weight excluding hydrogens is 422 g/mol. The largest absolute Gasteiger partial charge is 0.489 e. The highest BCUT2D eigenvalue weighted by atomic mass is 28.4. The monoisotopic (exact) mass is 453 g/mol. The SMILES string of the molecule is CC(C)(C)[Si](C)(C)OCCNc1c([N+](=O)[O-])cnc2cc(OCc3ccccc3)ccc12. The first-order valence-corrected chi connectivity index (χ1v) is 13.6. The maximum atomic E-state index is 11.6. The van der Waals surface area contributed by atoms with Gasteiger partial charge in [-0.3, -0.25) is 10.1 Å². The van der Waals surface area contributed by atoms with Gasteiger partial charge in [0, 0.05) is 18.0 Å². The summed E-state index contributed by atoms with van der Waals surface area (Å²) in [5.74, 6) is 0.662. The number of nitro groups is 1. The van der Waals surface area contributed by atoms with Crippen LogP contribution in [0.3, 0.4) is 0 Å². The summed E-state index contributed by atoms with van der Waals surface area (Å²) in [4.78, 5) is 15.5. The molecule has 8 heteroatoms. The van der Waals surface area contributed by atoms with Gasteiger partial charge in [-0.2, -0.15) is 0 Å². The van der Waals surface area contributed by atoms with E-state index in [1.165, 1.54) is 6.20 Å². The van der Waals surface area contributed by atoms with E-state index in [0.717, 1.165) is 5.56 Å². The van der Waals surface area contributed by atoms with E-state index in [2.05, 4.69) is 44.2 Å². The number of nitrogens with one attached hydrogen (secondary N) is 1. The zero-order chi connectivity index (χ0) is 23.4. The number of rotatable bonds is 9. The molecule has 1 aromatic heterocycles. The molecule has 0 aliphatic carbocycles. The van der Waals surface area contributed by atoms with Gasteiger partial charge in [0.15, 0.2) is 8.32 Å². The van der Waals surface area contributed by atoms with Crippen molar-refractivity contribution in [1.29, 1.82) is 0 Å². The van der Waals surface area contributed by atoms with Crippen LogP contribution in [0.2, 0.25) is 18.1 Å². The fourth-order valence-corrected chi connectivity index (χ4v) is 4.06. The van der Waals surface area contributed by atoms with Crippen LogP contribution in [0.5, 0.6) is 5.75 Å². The third-order valence-corrected chi connectivity index (χ3v) is 10.5. The normalized spacial score (nSPS) is 12.0. The molecule has 1 N–H and O–H groups in total. The van der Waals surface area contributed by atoms with E-state index in [9.17, 15) is 10.1 Å². The zero-order valence-corrected chi connectivity index (χ0v) is 20.3. The van der Waals surface area contributed by atoms with Crippen molar-refractivity contribution in [2.75, 3.05) is 18.5 Å². The lowest BCUT2D eigenvalue weighted by atomic mass is 10.1. The predicted octanol–water partition coefficient (Wildman–Crippen LogP) is 6.16. The Balaban J connectivity index is 1.76. The second-order valence-electron chi connectivity index (χ2n) is 9.26. The Morgan fingerprint density at radius 1 is 1.12 bits per heavy atom. The van der Waals surface area contributed by atoms with E-state index >= 15 is 0 Å². The van der Waals surface area contributed by atoms with Crippen molar-refractivity contribution in [3.05, 3.63) is 70.4 Å². The Kier molecular flexibility index (Phi) is 7.15. The van der Waals surface area contributed by atoms with E-state index in [4.69, 9.17) is 9.16 Å². The van der Waals surface area contributed by atoms with Crippen LogP contribution in [-0.4, -0.2) is 31.4 Å².